The summed E-state index contributed by atoms with van der Waals surface area (Å²) in [5, 5.41) is 12.2. The molecule has 0 aliphatic heterocycles. The summed E-state index contributed by atoms with van der Waals surface area (Å²) >= 11 is 0. The van der Waals surface area contributed by atoms with E-state index in [4.69, 9.17) is 4.74 Å². The van der Waals surface area contributed by atoms with Gasteiger partial charge in [0.05, 0.1) is 0 Å². The number of carbonyl (C=O) groups is 2. The van der Waals surface area contributed by atoms with Crippen LogP contribution in [0.1, 0.15) is 86.0 Å². The van der Waals surface area contributed by atoms with Gasteiger partial charge in [-0.25, -0.2) is 9.59 Å². The Morgan fingerprint density at radius 3 is 1.83 bits per heavy atom. The van der Waals surface area contributed by atoms with E-state index < -0.39 is 23.1 Å². The van der Waals surface area contributed by atoms with Crippen LogP contribution in [0, 0.1) is 0 Å². The van der Waals surface area contributed by atoms with Crippen molar-refractivity contribution in [3.8, 4) is 0 Å². The molecule has 0 bridgehead atoms. The first-order valence-electron chi connectivity index (χ1n) is 8.85. The molecule has 0 rings (SSSR count). The fraction of sp³-hybridized carbons (Fsp3) is 0.889. The fourth-order valence-corrected chi connectivity index (χ4v) is 2.21. The molecule has 0 aromatic carbocycles. The largest absolute Gasteiger partial charge is 0.479 e. The minimum absolute atomic E-state index is 0.497. The Labute approximate surface area is 141 Å². The Balaban J connectivity index is 4.10. The Kier molecular flexibility index (Phi) is 10.1. The highest BCUT2D eigenvalue weighted by Crippen LogP contribution is 2.15. The number of aliphatic carboxylic acids is 1. The topological polar surface area (TPSA) is 75.6 Å². The van der Waals surface area contributed by atoms with Gasteiger partial charge >= 0.3 is 11.9 Å². The lowest BCUT2D eigenvalue weighted by Gasteiger charge is -2.29. The highest BCUT2D eigenvalue weighted by atomic mass is 16.6. The molecule has 0 heterocycles. The van der Waals surface area contributed by atoms with Crippen LogP contribution in [0.15, 0.2) is 0 Å². The Morgan fingerprint density at radius 1 is 0.913 bits per heavy atom. The van der Waals surface area contributed by atoms with Gasteiger partial charge in [0.15, 0.2) is 0 Å². The van der Waals surface area contributed by atoms with Gasteiger partial charge in [-0.3, -0.25) is 5.32 Å². The van der Waals surface area contributed by atoms with Gasteiger partial charge in [-0.1, -0.05) is 51.9 Å². The van der Waals surface area contributed by atoms with Crippen molar-refractivity contribution in [2.24, 2.45) is 0 Å². The maximum absolute atomic E-state index is 12.1. The van der Waals surface area contributed by atoms with E-state index in [1.807, 2.05) is 0 Å². The first-order valence-corrected chi connectivity index (χ1v) is 8.85. The van der Waals surface area contributed by atoms with E-state index in [2.05, 4.69) is 12.2 Å². The van der Waals surface area contributed by atoms with E-state index >= 15 is 0 Å². The van der Waals surface area contributed by atoms with E-state index in [-0.39, 0.29) is 0 Å². The second-order valence-corrected chi connectivity index (χ2v) is 7.33. The van der Waals surface area contributed by atoms with E-state index in [1.54, 1.807) is 20.8 Å². The molecule has 0 aliphatic rings. The summed E-state index contributed by atoms with van der Waals surface area (Å²) in [5.41, 5.74) is -2.39. The summed E-state index contributed by atoms with van der Waals surface area (Å²) < 4.78 is 5.21. The molecule has 0 amide bonds. The summed E-state index contributed by atoms with van der Waals surface area (Å²) in [6.07, 6.45) is 9.40. The molecule has 5 nitrogen and oxygen atoms in total. The lowest BCUT2D eigenvalue weighted by atomic mass is 10.0. The van der Waals surface area contributed by atoms with Crippen molar-refractivity contribution in [3.05, 3.63) is 0 Å². The van der Waals surface area contributed by atoms with Crippen LogP contribution in [0.2, 0.25) is 0 Å². The molecule has 1 unspecified atom stereocenters. The van der Waals surface area contributed by atoms with Crippen molar-refractivity contribution in [2.45, 2.75) is 97.1 Å². The second-order valence-electron chi connectivity index (χ2n) is 7.33. The van der Waals surface area contributed by atoms with Gasteiger partial charge in [-0.15, -0.1) is 0 Å². The molecule has 136 valence electrons. The van der Waals surface area contributed by atoms with Crippen molar-refractivity contribution < 1.29 is 19.4 Å². The van der Waals surface area contributed by atoms with Crippen LogP contribution < -0.4 is 5.32 Å². The van der Waals surface area contributed by atoms with Crippen LogP contribution in [0.3, 0.4) is 0 Å². The van der Waals surface area contributed by atoms with Crippen LogP contribution in [0.5, 0.6) is 0 Å². The van der Waals surface area contributed by atoms with Crippen molar-refractivity contribution in [1.29, 1.82) is 0 Å². The van der Waals surface area contributed by atoms with Crippen molar-refractivity contribution in [3.63, 3.8) is 0 Å². The van der Waals surface area contributed by atoms with Crippen LogP contribution in [0.25, 0.3) is 0 Å². The molecule has 0 aliphatic carbocycles. The third-order valence-corrected chi connectivity index (χ3v) is 3.74. The summed E-state index contributed by atoms with van der Waals surface area (Å²) in [7, 11) is 0. The molecule has 0 aromatic heterocycles. The van der Waals surface area contributed by atoms with Crippen LogP contribution >= 0.6 is 0 Å². The standard InChI is InChI=1S/C18H35NO4/c1-6-7-8-9-10-11-12-13-14-19-18(5,15(20)21)16(22)23-17(2,3)4/h19H,6-14H2,1-5H3,(H,20,21). The van der Waals surface area contributed by atoms with Crippen molar-refractivity contribution in [2.75, 3.05) is 6.54 Å². The number of ether oxygens (including phenoxy) is 1. The molecule has 0 saturated heterocycles. The number of unbranched alkanes of at least 4 members (excludes halogenated alkanes) is 7. The van der Waals surface area contributed by atoms with E-state index in [9.17, 15) is 14.7 Å². The van der Waals surface area contributed by atoms with Crippen molar-refractivity contribution in [1.82, 2.24) is 5.32 Å². The number of carboxylic acids is 1. The molecule has 2 N–H and O–H groups in total. The van der Waals surface area contributed by atoms with Gasteiger partial charge in [0.1, 0.15) is 5.60 Å². The van der Waals surface area contributed by atoms with Gasteiger partial charge in [0.25, 0.3) is 0 Å². The average Bonchev–Trinajstić information content (AvgIpc) is 2.43. The zero-order valence-electron chi connectivity index (χ0n) is 15.5. The van der Waals surface area contributed by atoms with E-state index in [0.29, 0.717) is 6.54 Å². The van der Waals surface area contributed by atoms with Crippen LogP contribution in [-0.4, -0.2) is 34.7 Å². The lowest BCUT2D eigenvalue weighted by molar-refractivity contribution is -0.170. The summed E-state index contributed by atoms with van der Waals surface area (Å²) in [6.45, 7) is 9.25. The molecular formula is C18H35NO4. The normalized spacial score (nSPS) is 14.3. The van der Waals surface area contributed by atoms with Crippen LogP contribution in [0.4, 0.5) is 0 Å². The van der Waals surface area contributed by atoms with Gasteiger partial charge in [-0.2, -0.15) is 0 Å². The van der Waals surface area contributed by atoms with Crippen molar-refractivity contribution >= 4 is 11.9 Å². The maximum atomic E-state index is 12.1. The molecular weight excluding hydrogens is 294 g/mol. The van der Waals surface area contributed by atoms with Gasteiger partial charge in [0.2, 0.25) is 5.54 Å². The number of esters is 1. The zero-order valence-corrected chi connectivity index (χ0v) is 15.5. The molecule has 1 atom stereocenters. The Bertz CT molecular complexity index is 363. The predicted octanol–water partition coefficient (Wildman–Crippen LogP) is 3.90. The van der Waals surface area contributed by atoms with Crippen LogP contribution in [-0.2, 0) is 14.3 Å². The third-order valence-electron chi connectivity index (χ3n) is 3.74. The average molecular weight is 329 g/mol. The number of carboxylic acid groups (broad SMARTS) is 1. The SMILES string of the molecule is CCCCCCCCCCNC(C)(C(=O)O)C(=O)OC(C)(C)C. The molecule has 0 spiro atoms. The van der Waals surface area contributed by atoms with Gasteiger partial charge < -0.3 is 9.84 Å². The van der Waals surface area contributed by atoms with E-state index in [0.717, 1.165) is 19.3 Å². The minimum atomic E-state index is -1.69. The Hall–Kier alpha value is -1.10. The summed E-state index contributed by atoms with van der Waals surface area (Å²) in [5.74, 6) is -1.94. The second kappa shape index (κ2) is 10.6. The highest BCUT2D eigenvalue weighted by Gasteiger charge is 2.44. The number of hydrogen-bond donors (Lipinski definition) is 2. The quantitative estimate of drug-likeness (QED) is 0.323. The number of rotatable bonds is 12. The summed E-state index contributed by atoms with van der Waals surface area (Å²) in [4.78, 5) is 23.6. The molecule has 5 heteroatoms. The monoisotopic (exact) mass is 329 g/mol. The maximum Gasteiger partial charge on any atom is 0.338 e. The first-order chi connectivity index (χ1) is 10.6. The van der Waals surface area contributed by atoms with Gasteiger partial charge in [-0.05, 0) is 40.7 Å². The highest BCUT2D eigenvalue weighted by molar-refractivity contribution is 6.03. The zero-order chi connectivity index (χ0) is 17.9. The molecule has 0 aromatic rings. The smallest absolute Gasteiger partial charge is 0.338 e. The van der Waals surface area contributed by atoms with E-state index in [1.165, 1.54) is 39.0 Å². The third kappa shape index (κ3) is 9.59. The Morgan fingerprint density at radius 2 is 1.39 bits per heavy atom. The number of hydrogen-bond acceptors (Lipinski definition) is 4. The molecule has 0 radical (unpaired) electrons. The molecule has 0 fully saturated rings. The molecule has 23 heavy (non-hydrogen) atoms. The summed E-state index contributed by atoms with van der Waals surface area (Å²) in [6, 6.07) is 0. The molecule has 0 saturated carbocycles. The lowest BCUT2D eigenvalue weighted by Crippen LogP contribution is -2.58. The first kappa shape index (κ1) is 21.9. The fourth-order valence-electron chi connectivity index (χ4n) is 2.21. The predicted molar refractivity (Wildman–Crippen MR) is 92.5 cm³/mol. The minimum Gasteiger partial charge on any atom is -0.479 e. The number of nitrogens with one attached hydrogen (secondary N) is 1. The van der Waals surface area contributed by atoms with Gasteiger partial charge in [0, 0.05) is 0 Å². The number of carbonyl (C=O) groups excluding carboxylic acids is 1.